The van der Waals surface area contributed by atoms with Crippen molar-refractivity contribution in [3.63, 3.8) is 0 Å². The van der Waals surface area contributed by atoms with E-state index in [0.29, 0.717) is 17.4 Å². The fourth-order valence-corrected chi connectivity index (χ4v) is 11.2. The Labute approximate surface area is 487 Å². The van der Waals surface area contributed by atoms with Crippen molar-refractivity contribution in [1.82, 2.24) is 5.32 Å². The zero-order valence-corrected chi connectivity index (χ0v) is 53.8. The van der Waals surface area contributed by atoms with Crippen molar-refractivity contribution < 1.29 is 32.9 Å². The molecule has 0 aliphatic carbocycles. The van der Waals surface area contributed by atoms with Crippen LogP contribution in [0.1, 0.15) is 348 Å². The second-order valence-corrected chi connectivity index (χ2v) is 26.4. The molecule has 8 nitrogen and oxygen atoms in total. The monoisotopic (exact) mass is 1120 g/mol. The summed E-state index contributed by atoms with van der Waals surface area (Å²) < 4.78 is 23.7. The number of nitrogens with zero attached hydrogens (tertiary/aromatic N) is 1. The molecular formula is C69H136N2O6P+. The van der Waals surface area contributed by atoms with E-state index in [0.717, 1.165) is 38.5 Å². The van der Waals surface area contributed by atoms with Crippen LogP contribution in [0.3, 0.4) is 0 Å². The van der Waals surface area contributed by atoms with Crippen LogP contribution in [0.5, 0.6) is 0 Å². The summed E-state index contributed by atoms with van der Waals surface area (Å²) in [5.74, 6) is -0.181. The third kappa shape index (κ3) is 62.3. The lowest BCUT2D eigenvalue weighted by molar-refractivity contribution is -0.870. The summed E-state index contributed by atoms with van der Waals surface area (Å²) in [6, 6.07) is -0.861. The van der Waals surface area contributed by atoms with E-state index >= 15 is 0 Å². The van der Waals surface area contributed by atoms with E-state index in [2.05, 4.69) is 43.5 Å². The number of nitrogens with one attached hydrogen (secondary N) is 1. The Kier molecular flexibility index (Phi) is 59.3. The van der Waals surface area contributed by atoms with Gasteiger partial charge in [0.05, 0.1) is 39.9 Å². The summed E-state index contributed by atoms with van der Waals surface area (Å²) in [5.41, 5.74) is 0. The molecule has 3 atom stereocenters. The zero-order chi connectivity index (χ0) is 57.0. The number of rotatable bonds is 64. The van der Waals surface area contributed by atoms with Crippen molar-refractivity contribution in [3.8, 4) is 0 Å². The van der Waals surface area contributed by atoms with E-state index in [1.54, 1.807) is 6.08 Å². The molecule has 462 valence electrons. The minimum atomic E-state index is -4.35. The van der Waals surface area contributed by atoms with Gasteiger partial charge in [0.25, 0.3) is 0 Å². The van der Waals surface area contributed by atoms with Gasteiger partial charge in [-0.25, -0.2) is 4.57 Å². The first kappa shape index (κ1) is 76.7. The summed E-state index contributed by atoms with van der Waals surface area (Å²) in [7, 11) is 1.57. The number of aliphatic hydroxyl groups is 1. The lowest BCUT2D eigenvalue weighted by atomic mass is 10.0. The topological polar surface area (TPSA) is 105 Å². The lowest BCUT2D eigenvalue weighted by Gasteiger charge is -2.25. The molecule has 9 heteroatoms. The Morgan fingerprint density at radius 1 is 0.423 bits per heavy atom. The first-order valence-corrected chi connectivity index (χ1v) is 35.9. The smallest absolute Gasteiger partial charge is 0.387 e. The van der Waals surface area contributed by atoms with Crippen LogP contribution in [-0.4, -0.2) is 73.4 Å². The molecule has 0 radical (unpaired) electrons. The number of carbonyl (C=O) groups excluding carboxylic acids is 1. The number of likely N-dealkylation sites (N-methyl/N-ethyl adjacent to an activating group) is 1. The third-order valence-electron chi connectivity index (χ3n) is 15.8. The van der Waals surface area contributed by atoms with Crippen LogP contribution in [0.2, 0.25) is 0 Å². The van der Waals surface area contributed by atoms with Gasteiger partial charge < -0.3 is 19.8 Å². The number of unbranched alkanes of at least 4 members (excludes halogenated alkanes) is 47. The van der Waals surface area contributed by atoms with Gasteiger partial charge in [0.1, 0.15) is 13.2 Å². The predicted molar refractivity (Wildman–Crippen MR) is 341 cm³/mol. The maximum atomic E-state index is 13.0. The SMILES string of the molecule is CCCCCCCCCC/C=C\CCCCCCCCCCCCCCCCCCCCCCCCCCCCCCCC(=O)NC(COP(=O)(O)OCC[N+](C)(C)C)C(O)/C=C/CC/C=C/CCCCCCCCCCC. The summed E-state index contributed by atoms with van der Waals surface area (Å²) >= 11 is 0. The molecule has 78 heavy (non-hydrogen) atoms. The molecule has 0 heterocycles. The fourth-order valence-electron chi connectivity index (χ4n) is 10.5. The molecule has 0 spiro atoms. The minimum Gasteiger partial charge on any atom is -0.387 e. The number of aliphatic hydroxyl groups excluding tert-OH is 1. The molecular weight excluding hydrogens is 984 g/mol. The minimum absolute atomic E-state index is 0.0581. The van der Waals surface area contributed by atoms with E-state index in [1.165, 1.54) is 289 Å². The number of quaternary nitrogens is 1. The van der Waals surface area contributed by atoms with Crippen LogP contribution in [0.4, 0.5) is 0 Å². The molecule has 3 unspecified atom stereocenters. The van der Waals surface area contributed by atoms with Crippen molar-refractivity contribution in [2.24, 2.45) is 0 Å². The van der Waals surface area contributed by atoms with E-state index < -0.39 is 20.0 Å². The van der Waals surface area contributed by atoms with E-state index in [1.807, 2.05) is 27.2 Å². The summed E-state index contributed by atoms with van der Waals surface area (Å²) in [6.45, 7) is 4.83. The van der Waals surface area contributed by atoms with Crippen molar-refractivity contribution in [2.45, 2.75) is 360 Å². The van der Waals surface area contributed by atoms with Crippen molar-refractivity contribution >= 4 is 13.7 Å². The predicted octanol–water partition coefficient (Wildman–Crippen LogP) is 21.7. The van der Waals surface area contributed by atoms with Crippen LogP contribution < -0.4 is 5.32 Å². The zero-order valence-electron chi connectivity index (χ0n) is 52.9. The molecule has 0 rings (SSSR count). The van der Waals surface area contributed by atoms with Crippen LogP contribution >= 0.6 is 7.82 Å². The number of hydrogen-bond donors (Lipinski definition) is 3. The van der Waals surface area contributed by atoms with Crippen LogP contribution in [0.15, 0.2) is 36.5 Å². The first-order valence-electron chi connectivity index (χ1n) is 34.4. The molecule has 0 bridgehead atoms. The molecule has 0 saturated carbocycles. The van der Waals surface area contributed by atoms with Crippen molar-refractivity contribution in [2.75, 3.05) is 40.9 Å². The molecule has 0 aliphatic rings. The highest BCUT2D eigenvalue weighted by atomic mass is 31.2. The second kappa shape index (κ2) is 60.3. The number of hydrogen-bond acceptors (Lipinski definition) is 5. The quantitative estimate of drug-likeness (QED) is 0.0243. The Morgan fingerprint density at radius 3 is 1.03 bits per heavy atom. The molecule has 0 aliphatic heterocycles. The number of phosphoric acid groups is 1. The van der Waals surface area contributed by atoms with Gasteiger partial charge in [-0.2, -0.15) is 0 Å². The Morgan fingerprint density at radius 2 is 0.705 bits per heavy atom. The number of phosphoric ester groups is 1. The highest BCUT2D eigenvalue weighted by Gasteiger charge is 2.28. The van der Waals surface area contributed by atoms with Gasteiger partial charge in [-0.05, 0) is 57.8 Å². The third-order valence-corrected chi connectivity index (χ3v) is 16.8. The largest absolute Gasteiger partial charge is 0.472 e. The number of allylic oxidation sites excluding steroid dienone is 5. The average molecular weight is 1120 g/mol. The summed E-state index contributed by atoms with van der Waals surface area (Å²) in [4.78, 5) is 23.3. The molecule has 0 aromatic heterocycles. The van der Waals surface area contributed by atoms with Gasteiger partial charge in [0.15, 0.2) is 0 Å². The standard InChI is InChI=1S/C69H135N2O6P/c1-6-8-10-12-14-16-18-20-22-23-24-25-26-27-28-29-30-31-32-33-34-35-36-37-38-39-40-41-42-43-44-45-46-47-49-51-53-55-57-59-61-63-69(73)70-67(66-77-78(74,75)76-65-64-71(3,4)5)68(72)62-60-58-56-54-52-50-48-21-19-17-15-13-11-9-7-2/h23-24,52,54,60,62,67-68,72H,6-22,25-51,53,55-59,61,63-66H2,1-5H3,(H-,70,73,74,75)/p+1/b24-23-,54-52+,62-60+. The van der Waals surface area contributed by atoms with Gasteiger partial charge in [0, 0.05) is 6.42 Å². The first-order chi connectivity index (χ1) is 38.0. The van der Waals surface area contributed by atoms with Crippen molar-refractivity contribution in [3.05, 3.63) is 36.5 Å². The molecule has 1 amide bonds. The van der Waals surface area contributed by atoms with Gasteiger partial charge in [-0.3, -0.25) is 13.8 Å². The summed E-state index contributed by atoms with van der Waals surface area (Å²) in [5, 5.41) is 13.9. The number of carbonyl (C=O) groups is 1. The van der Waals surface area contributed by atoms with Crippen LogP contribution in [0.25, 0.3) is 0 Å². The highest BCUT2D eigenvalue weighted by molar-refractivity contribution is 7.47. The Balaban J connectivity index is 3.85. The maximum Gasteiger partial charge on any atom is 0.472 e. The van der Waals surface area contributed by atoms with E-state index in [4.69, 9.17) is 9.05 Å². The van der Waals surface area contributed by atoms with Crippen LogP contribution in [0, 0.1) is 0 Å². The molecule has 0 fully saturated rings. The van der Waals surface area contributed by atoms with Crippen molar-refractivity contribution in [1.29, 1.82) is 0 Å². The Hall–Kier alpha value is -1.28. The van der Waals surface area contributed by atoms with Gasteiger partial charge in [-0.1, -0.05) is 320 Å². The Bertz CT molecular complexity index is 1360. The van der Waals surface area contributed by atoms with Gasteiger partial charge >= 0.3 is 7.82 Å². The average Bonchev–Trinajstić information content (AvgIpc) is 3.41. The number of amides is 1. The maximum absolute atomic E-state index is 13.0. The lowest BCUT2D eigenvalue weighted by Crippen LogP contribution is -2.45. The van der Waals surface area contributed by atoms with E-state index in [9.17, 15) is 19.4 Å². The summed E-state index contributed by atoms with van der Waals surface area (Å²) in [6.07, 6.45) is 80.3. The molecule has 3 N–H and O–H groups in total. The highest BCUT2D eigenvalue weighted by Crippen LogP contribution is 2.43. The van der Waals surface area contributed by atoms with Gasteiger partial charge in [0.2, 0.25) is 5.91 Å². The van der Waals surface area contributed by atoms with E-state index in [-0.39, 0.29) is 19.1 Å². The molecule has 0 aromatic carbocycles. The normalized spacial score (nSPS) is 13.9. The fraction of sp³-hybridized carbons (Fsp3) is 0.899. The molecule has 0 aromatic rings. The van der Waals surface area contributed by atoms with Crippen LogP contribution in [-0.2, 0) is 18.4 Å². The molecule has 0 saturated heterocycles. The second-order valence-electron chi connectivity index (χ2n) is 24.9. The van der Waals surface area contributed by atoms with Gasteiger partial charge in [-0.15, -0.1) is 0 Å².